The molecule has 2 aromatic carbocycles. The highest BCUT2D eigenvalue weighted by molar-refractivity contribution is 7.00. The van der Waals surface area contributed by atoms with Crippen molar-refractivity contribution in [3.05, 3.63) is 81.7 Å². The van der Waals surface area contributed by atoms with Gasteiger partial charge in [-0.05, 0) is 23.8 Å². The fourth-order valence-electron chi connectivity index (χ4n) is 3.21. The molecule has 0 spiro atoms. The van der Waals surface area contributed by atoms with Crippen molar-refractivity contribution in [1.82, 2.24) is 46.2 Å². The molecule has 0 saturated heterocycles. The Bertz CT molecular complexity index is 1870. The Hall–Kier alpha value is -4.36. The topological polar surface area (TPSA) is 193 Å². The predicted molar refractivity (Wildman–Crippen MR) is 164 cm³/mol. The van der Waals surface area contributed by atoms with Crippen LogP contribution in [0.25, 0.3) is 22.6 Å². The van der Waals surface area contributed by atoms with Crippen LogP contribution in [0.1, 0.15) is 11.3 Å². The fourth-order valence-corrected chi connectivity index (χ4v) is 4.74. The highest BCUT2D eigenvalue weighted by Gasteiger charge is 2.15. The fraction of sp³-hybridized carbons (Fsp3) is 0.0435. The van der Waals surface area contributed by atoms with E-state index in [1.54, 1.807) is 36.4 Å². The number of fused-ring (bicyclic) bond motifs is 2. The van der Waals surface area contributed by atoms with Crippen molar-refractivity contribution in [3.63, 3.8) is 0 Å². The van der Waals surface area contributed by atoms with Crippen molar-refractivity contribution in [2.75, 3.05) is 16.8 Å². The lowest BCUT2D eigenvalue weighted by Crippen LogP contribution is -2.05. The van der Waals surface area contributed by atoms with Crippen molar-refractivity contribution in [2.24, 2.45) is 0 Å². The van der Waals surface area contributed by atoms with Crippen molar-refractivity contribution >= 4 is 104 Å². The largest absolute Gasteiger partial charge is 0.380 e. The third-order valence-corrected chi connectivity index (χ3v) is 7.40. The molecule has 43 heavy (non-hydrogen) atoms. The maximum atomic E-state index is 14.0. The highest BCUT2D eigenvalue weighted by atomic mass is 35.5. The van der Waals surface area contributed by atoms with E-state index in [1.165, 1.54) is 12.1 Å². The van der Waals surface area contributed by atoms with Gasteiger partial charge in [0.1, 0.15) is 11.6 Å². The van der Waals surface area contributed by atoms with E-state index in [4.69, 9.17) is 34.7 Å². The quantitative estimate of drug-likeness (QED) is 0.209. The number of rotatable bonds is 4. The van der Waals surface area contributed by atoms with Gasteiger partial charge in [0.05, 0.1) is 46.6 Å². The summed E-state index contributed by atoms with van der Waals surface area (Å²) in [5.74, 6) is 0.221. The van der Waals surface area contributed by atoms with Gasteiger partial charge in [-0.2, -0.15) is 26.2 Å². The summed E-state index contributed by atoms with van der Waals surface area (Å²) in [6.07, 6.45) is 0.198. The number of para-hydroxylation sites is 1. The molecule has 0 unspecified atom stereocenters. The first-order valence-electron chi connectivity index (χ1n) is 11.7. The van der Waals surface area contributed by atoms with Crippen LogP contribution in [0.4, 0.5) is 31.9 Å². The number of halogens is 4. The Morgan fingerprint density at radius 3 is 1.65 bits per heavy atom. The van der Waals surface area contributed by atoms with Crippen LogP contribution in [-0.2, 0) is 6.42 Å². The maximum absolute atomic E-state index is 14.0. The molecule has 7 aromatic rings. The Morgan fingerprint density at radius 2 is 1.12 bits per heavy atom. The zero-order valence-corrected chi connectivity index (χ0v) is 25.2. The van der Waals surface area contributed by atoms with Crippen LogP contribution in [0.15, 0.2) is 48.5 Å². The Labute approximate surface area is 263 Å². The summed E-state index contributed by atoms with van der Waals surface area (Å²) in [5.41, 5.74) is 13.1. The number of hydrogen-bond donors (Lipinski definition) is 3. The molecule has 0 aliphatic carbocycles. The Kier molecular flexibility index (Phi) is 9.62. The molecule has 0 aliphatic heterocycles. The molecule has 5 heterocycles. The van der Waals surface area contributed by atoms with Gasteiger partial charge in [0, 0.05) is 6.42 Å². The van der Waals surface area contributed by atoms with Crippen LogP contribution in [-0.4, -0.2) is 46.2 Å². The van der Waals surface area contributed by atoms with Gasteiger partial charge in [-0.15, -0.1) is 0 Å². The summed E-state index contributed by atoms with van der Waals surface area (Å²) in [6.45, 7) is 0. The molecule has 0 radical (unpaired) electrons. The Morgan fingerprint density at radius 1 is 0.628 bits per heavy atom. The number of nitrogen functional groups attached to an aromatic ring is 2. The monoisotopic (exact) mass is 677 g/mol. The van der Waals surface area contributed by atoms with Gasteiger partial charge >= 0.3 is 0 Å². The van der Waals surface area contributed by atoms with Crippen LogP contribution in [0, 0.1) is 11.6 Å². The zero-order valence-electron chi connectivity index (χ0n) is 21.2. The summed E-state index contributed by atoms with van der Waals surface area (Å²) >= 11 is 14.2. The van der Waals surface area contributed by atoms with E-state index >= 15 is 0 Å². The molecule has 0 fully saturated rings. The third kappa shape index (κ3) is 7.54. The van der Waals surface area contributed by atoms with Crippen LogP contribution < -0.4 is 16.8 Å². The Balaban J connectivity index is 0.000000166. The minimum atomic E-state index is -0.419. The van der Waals surface area contributed by atoms with Crippen LogP contribution in [0.5, 0.6) is 0 Å². The molecule has 13 nitrogen and oxygen atoms in total. The van der Waals surface area contributed by atoms with Crippen LogP contribution >= 0.6 is 58.4 Å². The van der Waals surface area contributed by atoms with Crippen molar-refractivity contribution in [1.29, 1.82) is 0 Å². The third-order valence-electron chi connectivity index (χ3n) is 5.20. The lowest BCUT2D eigenvalue weighted by molar-refractivity contribution is 0.613. The molecule has 5 aromatic heterocycles. The van der Waals surface area contributed by atoms with Gasteiger partial charge in [-0.25, -0.2) is 28.7 Å². The second kappa shape index (κ2) is 13.7. The van der Waals surface area contributed by atoms with E-state index in [1.807, 2.05) is 0 Å². The summed E-state index contributed by atoms with van der Waals surface area (Å²) < 4.78 is 50.9. The first-order valence-corrected chi connectivity index (χ1v) is 14.6. The average Bonchev–Trinajstić information content (AvgIpc) is 3.74. The van der Waals surface area contributed by atoms with Crippen LogP contribution in [0.3, 0.4) is 0 Å². The molecule has 0 aliphatic rings. The second-order valence-electron chi connectivity index (χ2n) is 8.05. The summed E-state index contributed by atoms with van der Waals surface area (Å²) in [4.78, 5) is 16.5. The standard InChI is InChI=1S/C17H11F2N5S.C4Cl2N4S.C2H4N4S/c18-11-6-2-1-5-10(11)9-14-15(20-13-8-4-3-7-12(13)19)22-17-16(21-14)23-25-24-17;5-1-2(6)8-4-3(7-1)9-11-10-4;3-1-2(4)6-7-5-1/h1-8H,9H2,(H,20,22,24);;(H2,3,5)(H2,4,6). The maximum Gasteiger partial charge on any atom is 0.214 e. The zero-order chi connectivity index (χ0) is 30.3. The van der Waals surface area contributed by atoms with Crippen molar-refractivity contribution < 1.29 is 8.78 Å². The van der Waals surface area contributed by atoms with E-state index in [0.29, 0.717) is 51.3 Å². The molecular weight excluding hydrogens is 663 g/mol. The normalized spacial score (nSPS) is 10.6. The molecule has 7 rings (SSSR count). The molecule has 0 atom stereocenters. The van der Waals surface area contributed by atoms with Crippen molar-refractivity contribution in [2.45, 2.75) is 6.42 Å². The number of aromatic nitrogens is 10. The SMILES string of the molecule is Clc1nc2nsnc2nc1Cl.Fc1ccccc1Cc1nc2nsnc2nc1Nc1ccccc1F.Nc1nsnc1N. The van der Waals surface area contributed by atoms with Gasteiger partial charge in [0.2, 0.25) is 22.6 Å². The van der Waals surface area contributed by atoms with Crippen molar-refractivity contribution in [3.8, 4) is 0 Å². The second-order valence-corrected chi connectivity index (χ2v) is 10.4. The molecule has 5 N–H and O–H groups in total. The minimum absolute atomic E-state index is 0.159. The predicted octanol–water partition coefficient (Wildman–Crippen LogP) is 5.58. The number of anilines is 4. The van der Waals surface area contributed by atoms with E-state index in [0.717, 1.165) is 35.2 Å². The number of benzene rings is 2. The first-order chi connectivity index (χ1) is 20.8. The molecule has 0 amide bonds. The summed E-state index contributed by atoms with van der Waals surface area (Å²) in [5, 5.41) is 3.25. The average molecular weight is 679 g/mol. The lowest BCUT2D eigenvalue weighted by Gasteiger charge is -2.11. The number of nitrogens with two attached hydrogens (primary N) is 2. The summed E-state index contributed by atoms with van der Waals surface area (Å²) in [6, 6.07) is 12.7. The highest BCUT2D eigenvalue weighted by Crippen LogP contribution is 2.25. The van der Waals surface area contributed by atoms with Gasteiger partial charge in [-0.3, -0.25) is 0 Å². The van der Waals surface area contributed by atoms with E-state index < -0.39 is 5.82 Å². The van der Waals surface area contributed by atoms with Gasteiger partial charge < -0.3 is 16.8 Å². The molecule has 218 valence electrons. The van der Waals surface area contributed by atoms with Gasteiger partial charge in [0.25, 0.3) is 0 Å². The summed E-state index contributed by atoms with van der Waals surface area (Å²) in [7, 11) is 0. The van der Waals surface area contributed by atoms with E-state index in [9.17, 15) is 8.78 Å². The van der Waals surface area contributed by atoms with Gasteiger partial charge in [-0.1, -0.05) is 53.5 Å². The smallest absolute Gasteiger partial charge is 0.214 e. The number of nitrogens with zero attached hydrogens (tertiary/aromatic N) is 10. The van der Waals surface area contributed by atoms with Crippen LogP contribution in [0.2, 0.25) is 10.3 Å². The molecule has 0 bridgehead atoms. The molecule has 20 heteroatoms. The number of nitrogens with one attached hydrogen (secondary N) is 1. The lowest BCUT2D eigenvalue weighted by atomic mass is 10.1. The minimum Gasteiger partial charge on any atom is -0.380 e. The molecule has 0 saturated carbocycles. The van der Waals surface area contributed by atoms with E-state index in [-0.39, 0.29) is 28.2 Å². The van der Waals surface area contributed by atoms with Gasteiger partial charge in [0.15, 0.2) is 27.8 Å². The molecular formula is C23H15Cl2F2N13S3. The van der Waals surface area contributed by atoms with E-state index in [2.05, 4.69) is 51.5 Å². The number of hydrogen-bond acceptors (Lipinski definition) is 16. The first kappa shape index (κ1) is 30.1.